The third-order valence-electron chi connectivity index (χ3n) is 1.42. The smallest absolute Gasteiger partial charge is 0.311 e. The van der Waals surface area contributed by atoms with E-state index < -0.39 is 0 Å². The highest BCUT2D eigenvalue weighted by Crippen LogP contribution is 2.01. The predicted molar refractivity (Wildman–Crippen MR) is 38.6 cm³/mol. The molecule has 0 spiro atoms. The molecule has 1 N–H and O–H groups in total. The minimum Gasteiger partial charge on any atom is -0.311 e. The van der Waals surface area contributed by atoms with E-state index in [1.807, 2.05) is 0 Å². The van der Waals surface area contributed by atoms with Crippen LogP contribution in [-0.4, -0.2) is 19.6 Å². The molecule has 2 aromatic heterocycles. The topological polar surface area (TPSA) is 91.7 Å². The van der Waals surface area contributed by atoms with E-state index in [0.717, 1.165) is 4.68 Å². The van der Waals surface area contributed by atoms with Crippen molar-refractivity contribution >= 4 is 11.2 Å². The number of aromatic nitrogens is 4. The molecule has 2 aromatic rings. The number of hydrogen-bond acceptors (Lipinski definition) is 4. The van der Waals surface area contributed by atoms with Crippen molar-refractivity contribution in [1.82, 2.24) is 19.6 Å². The average Bonchev–Trinajstić information content (AvgIpc) is 2.49. The molecule has 0 saturated carbocycles. The minimum atomic E-state index is -0.359. The summed E-state index contributed by atoms with van der Waals surface area (Å²) in [6, 6.07) is 0. The summed E-state index contributed by atoms with van der Waals surface area (Å²) < 4.78 is 1.00. The maximum absolute atomic E-state index is 11.0. The van der Waals surface area contributed by atoms with E-state index in [1.54, 1.807) is 0 Å². The maximum atomic E-state index is 11.0. The zero-order valence-electron chi connectivity index (χ0n) is 5.80. The second-order valence-electron chi connectivity index (χ2n) is 2.08. The van der Waals surface area contributed by atoms with Gasteiger partial charge >= 0.3 is 5.08 Å². The molecule has 0 bridgehead atoms. The van der Waals surface area contributed by atoms with E-state index in [9.17, 15) is 4.79 Å². The number of diazo groups is 1. The average molecular weight is 163 g/mol. The highest BCUT2D eigenvalue weighted by Gasteiger charge is 2.12. The maximum Gasteiger partial charge on any atom is 0.318 e. The fourth-order valence-electron chi connectivity index (χ4n) is 0.900. The Kier molecular flexibility index (Phi) is 1.15. The van der Waals surface area contributed by atoms with Crippen LogP contribution >= 0.6 is 0 Å². The Morgan fingerprint density at radius 2 is 2.42 bits per heavy atom. The van der Waals surface area contributed by atoms with E-state index in [4.69, 9.17) is 5.39 Å². The second kappa shape index (κ2) is 2.13. The van der Waals surface area contributed by atoms with Crippen molar-refractivity contribution in [2.75, 3.05) is 0 Å². The van der Waals surface area contributed by atoms with Gasteiger partial charge in [0.05, 0.1) is 11.0 Å². The van der Waals surface area contributed by atoms with Crippen LogP contribution in [-0.2, 0) is 0 Å². The summed E-state index contributed by atoms with van der Waals surface area (Å²) in [6.45, 7) is 0. The molecule has 7 nitrogen and oxygen atoms in total. The summed E-state index contributed by atoms with van der Waals surface area (Å²) >= 11 is 0. The van der Waals surface area contributed by atoms with Crippen molar-refractivity contribution in [2.45, 2.75) is 0 Å². The standard InChI is InChI=1S/C5H2N6O/c6-10-11-2-9-3-4(11)7-1-8-5(3)12/h1-2H/p+1. The number of fused-ring (bicyclic) bond motifs is 1. The van der Waals surface area contributed by atoms with Gasteiger partial charge in [-0.1, -0.05) is 0 Å². The molecule has 0 fully saturated rings. The van der Waals surface area contributed by atoms with Gasteiger partial charge in [0.1, 0.15) is 0 Å². The van der Waals surface area contributed by atoms with Crippen LogP contribution in [0.5, 0.6) is 0 Å². The molecule has 0 amide bonds. The van der Waals surface area contributed by atoms with E-state index in [-0.39, 0.29) is 16.7 Å². The molecule has 0 atom stereocenters. The molecular weight excluding hydrogens is 160 g/mol. The normalized spacial score (nSPS) is 9.92. The molecule has 0 aliphatic heterocycles. The molecular formula is C5H3N6O+. The number of H-pyrrole nitrogens is 1. The van der Waals surface area contributed by atoms with Gasteiger partial charge in [0, 0.05) is 0 Å². The van der Waals surface area contributed by atoms with Gasteiger partial charge in [0.25, 0.3) is 11.0 Å². The van der Waals surface area contributed by atoms with Crippen LogP contribution in [0.25, 0.3) is 16.2 Å². The van der Waals surface area contributed by atoms with Crippen LogP contribution in [0.15, 0.2) is 17.4 Å². The van der Waals surface area contributed by atoms with Crippen LogP contribution in [0.2, 0.25) is 0 Å². The molecule has 0 radical (unpaired) electrons. The van der Waals surface area contributed by atoms with Crippen LogP contribution in [0.1, 0.15) is 0 Å². The quantitative estimate of drug-likeness (QED) is 0.541. The van der Waals surface area contributed by atoms with Crippen molar-refractivity contribution in [3.63, 3.8) is 0 Å². The molecule has 2 rings (SSSR count). The molecule has 0 aromatic carbocycles. The van der Waals surface area contributed by atoms with Gasteiger partial charge in [-0.05, 0) is 0 Å². The number of imidazole rings is 1. The van der Waals surface area contributed by atoms with Crippen LogP contribution in [0, 0.1) is 5.39 Å². The van der Waals surface area contributed by atoms with Crippen LogP contribution in [0.3, 0.4) is 0 Å². The van der Waals surface area contributed by atoms with E-state index in [2.05, 4.69) is 20.0 Å². The first-order chi connectivity index (χ1) is 5.83. The van der Waals surface area contributed by atoms with Crippen molar-refractivity contribution in [3.05, 3.63) is 28.1 Å². The summed E-state index contributed by atoms with van der Waals surface area (Å²) in [7, 11) is 0. The highest BCUT2D eigenvalue weighted by molar-refractivity contribution is 5.68. The number of hydrogen-bond donors (Lipinski definition) is 1. The van der Waals surface area contributed by atoms with Crippen molar-refractivity contribution < 1.29 is 0 Å². The fraction of sp³-hybridized carbons (Fsp3) is 0. The molecule has 7 heteroatoms. The van der Waals surface area contributed by atoms with Gasteiger partial charge in [-0.25, -0.2) is 9.97 Å². The van der Waals surface area contributed by atoms with E-state index >= 15 is 0 Å². The zero-order valence-corrected chi connectivity index (χ0v) is 5.80. The molecule has 0 aliphatic carbocycles. The second-order valence-corrected chi connectivity index (χ2v) is 2.08. The Bertz CT molecular complexity index is 516. The Morgan fingerprint density at radius 1 is 1.58 bits per heavy atom. The Morgan fingerprint density at radius 3 is 3.17 bits per heavy atom. The lowest BCUT2D eigenvalue weighted by Crippen LogP contribution is -2.06. The predicted octanol–water partition coefficient (Wildman–Crippen LogP) is -0.264. The first-order valence-corrected chi connectivity index (χ1v) is 3.09. The number of nitrogens with zero attached hydrogens (tertiary/aromatic N) is 5. The highest BCUT2D eigenvalue weighted by atomic mass is 16.1. The summed E-state index contributed by atoms with van der Waals surface area (Å²) in [5, 5.41) is 11.2. The van der Waals surface area contributed by atoms with Crippen molar-refractivity contribution in [2.24, 2.45) is 0 Å². The molecule has 12 heavy (non-hydrogen) atoms. The summed E-state index contributed by atoms with van der Waals surface area (Å²) in [6.07, 6.45) is 2.42. The summed E-state index contributed by atoms with van der Waals surface area (Å²) in [4.78, 5) is 20.8. The van der Waals surface area contributed by atoms with Gasteiger partial charge in [0.2, 0.25) is 5.65 Å². The molecule has 0 saturated heterocycles. The van der Waals surface area contributed by atoms with E-state index in [0.29, 0.717) is 0 Å². The van der Waals surface area contributed by atoms with Gasteiger partial charge in [-0.15, -0.1) is 0 Å². The molecule has 0 aliphatic rings. The lowest BCUT2D eigenvalue weighted by atomic mass is 10.5. The Balaban J connectivity index is 3.01. The number of rotatable bonds is 0. The molecule has 0 unspecified atom stereocenters. The van der Waals surface area contributed by atoms with Gasteiger partial charge < -0.3 is 4.98 Å². The van der Waals surface area contributed by atoms with Crippen molar-refractivity contribution in [3.8, 4) is 0 Å². The Labute approximate surface area is 65.3 Å². The minimum absolute atomic E-state index is 0.148. The first-order valence-electron chi connectivity index (χ1n) is 3.09. The monoisotopic (exact) mass is 163 g/mol. The third kappa shape index (κ3) is 0.687. The Hall–Kier alpha value is -2.23. The summed E-state index contributed by atoms with van der Waals surface area (Å²) in [5.41, 5.74) is 0.0129. The van der Waals surface area contributed by atoms with Gasteiger partial charge in [-0.3, -0.25) is 4.79 Å². The SMILES string of the molecule is N#[N+]n1cnc2c(=O)[nH]cnc21. The van der Waals surface area contributed by atoms with Crippen molar-refractivity contribution in [1.29, 1.82) is 5.39 Å². The molecule has 58 valence electrons. The van der Waals surface area contributed by atoms with E-state index in [1.165, 1.54) is 12.7 Å². The number of nitrogens with one attached hydrogen (secondary N) is 1. The van der Waals surface area contributed by atoms with Gasteiger partial charge in [-0.2, -0.15) is 0 Å². The first kappa shape index (κ1) is 6.48. The number of aromatic amines is 1. The largest absolute Gasteiger partial charge is 0.318 e. The lowest BCUT2D eigenvalue weighted by Gasteiger charge is -1.80. The fourth-order valence-corrected chi connectivity index (χ4v) is 0.900. The molecule has 2 heterocycles. The lowest BCUT2D eigenvalue weighted by molar-refractivity contribution is 1.02. The van der Waals surface area contributed by atoms with Gasteiger partial charge in [0.15, 0.2) is 11.8 Å². The van der Waals surface area contributed by atoms with Crippen LogP contribution in [0.4, 0.5) is 0 Å². The van der Waals surface area contributed by atoms with Crippen LogP contribution < -0.4 is 5.56 Å². The third-order valence-corrected chi connectivity index (χ3v) is 1.42. The summed E-state index contributed by atoms with van der Waals surface area (Å²) in [5.74, 6) is 0. The zero-order chi connectivity index (χ0) is 8.55.